The normalized spacial score (nSPS) is 13.7. The van der Waals surface area contributed by atoms with Gasteiger partial charge in [-0.2, -0.15) is 0 Å². The Labute approximate surface area is 261 Å². The number of hydrogen-bond donors (Lipinski definition) is 1. The van der Waals surface area contributed by atoms with Crippen LogP contribution in [0.1, 0.15) is 48.7 Å². The van der Waals surface area contributed by atoms with Crippen LogP contribution in [-0.4, -0.2) is 42.6 Å². The van der Waals surface area contributed by atoms with Crippen molar-refractivity contribution in [1.82, 2.24) is 5.32 Å². The van der Waals surface area contributed by atoms with Gasteiger partial charge in [-0.1, -0.05) is 41.4 Å². The molecule has 8 nitrogen and oxygen atoms in total. The Morgan fingerprint density at radius 2 is 1.61 bits per heavy atom. The molecule has 1 aliphatic rings. The maximum absolute atomic E-state index is 14.3. The van der Waals surface area contributed by atoms with E-state index in [0.717, 1.165) is 42.3 Å². The quantitative estimate of drug-likeness (QED) is 0.294. The zero-order valence-electron chi connectivity index (χ0n) is 24.0. The Hall–Kier alpha value is -4.09. The van der Waals surface area contributed by atoms with Crippen molar-refractivity contribution < 1.29 is 41.8 Å². The van der Waals surface area contributed by atoms with Crippen molar-refractivity contribution in [1.29, 1.82) is 0 Å². The van der Waals surface area contributed by atoms with E-state index in [4.69, 9.17) is 32.7 Å². The van der Waals surface area contributed by atoms with Gasteiger partial charge in [-0.05, 0) is 62.6 Å². The standard InChI is InChI=1S/C31H27Cl2F3N2O6/c1-31(2,3)44-30(42)38-24(39)11-10-17-15(8-9-18(27(17)38)25-19(32)13-16(34)14-20(25)33)12-23(29(41)43-4)37-28(40)26-21(35)6-5-7-22(26)36/h5-9,13-14,23H,10-12H2,1-4H3,(H,37,40)/t23-/m0/s1. The lowest BCUT2D eigenvalue weighted by atomic mass is 9.87. The van der Waals surface area contributed by atoms with E-state index in [1.807, 2.05) is 0 Å². The topological polar surface area (TPSA) is 102 Å². The van der Waals surface area contributed by atoms with E-state index in [0.29, 0.717) is 11.1 Å². The first-order chi connectivity index (χ1) is 20.6. The summed E-state index contributed by atoms with van der Waals surface area (Å²) in [5.74, 6) is -5.70. The van der Waals surface area contributed by atoms with Crippen LogP contribution >= 0.6 is 23.2 Å². The van der Waals surface area contributed by atoms with Crippen LogP contribution in [0.5, 0.6) is 0 Å². The summed E-state index contributed by atoms with van der Waals surface area (Å²) in [5, 5.41) is 2.12. The van der Waals surface area contributed by atoms with Crippen molar-refractivity contribution in [3.05, 3.63) is 86.7 Å². The van der Waals surface area contributed by atoms with Gasteiger partial charge in [0, 0.05) is 24.0 Å². The second-order valence-corrected chi connectivity index (χ2v) is 11.7. The highest BCUT2D eigenvalue weighted by Gasteiger charge is 2.38. The molecule has 44 heavy (non-hydrogen) atoms. The number of nitrogens with one attached hydrogen (secondary N) is 1. The zero-order chi connectivity index (χ0) is 32.5. The van der Waals surface area contributed by atoms with Gasteiger partial charge in [-0.15, -0.1) is 0 Å². The van der Waals surface area contributed by atoms with E-state index in [1.54, 1.807) is 26.8 Å². The highest BCUT2D eigenvalue weighted by atomic mass is 35.5. The first kappa shape index (κ1) is 32.8. The molecule has 0 aromatic heterocycles. The lowest BCUT2D eigenvalue weighted by Crippen LogP contribution is -2.45. The molecular weight excluding hydrogens is 624 g/mol. The number of halogens is 5. The average Bonchev–Trinajstić information content (AvgIpc) is 2.91. The van der Waals surface area contributed by atoms with E-state index in [-0.39, 0.29) is 46.1 Å². The number of rotatable bonds is 6. The van der Waals surface area contributed by atoms with E-state index in [2.05, 4.69) is 5.32 Å². The van der Waals surface area contributed by atoms with Crippen LogP contribution in [0.4, 0.5) is 23.7 Å². The number of amides is 3. The Morgan fingerprint density at radius 3 is 2.18 bits per heavy atom. The minimum Gasteiger partial charge on any atom is -0.467 e. The highest BCUT2D eigenvalue weighted by molar-refractivity contribution is 6.39. The Morgan fingerprint density at radius 1 is 1.00 bits per heavy atom. The molecule has 1 N–H and O–H groups in total. The van der Waals surface area contributed by atoms with Crippen LogP contribution in [0.2, 0.25) is 10.0 Å². The fraction of sp³-hybridized carbons (Fsp3) is 0.290. The molecule has 3 aromatic carbocycles. The summed E-state index contributed by atoms with van der Waals surface area (Å²) in [6.45, 7) is 4.86. The SMILES string of the molecule is COC(=O)[C@H](Cc1ccc(-c2c(Cl)cc(F)cc2Cl)c2c1CCC(=O)N2C(=O)OC(C)(C)C)NC(=O)c1c(F)cccc1F. The summed E-state index contributed by atoms with van der Waals surface area (Å²) < 4.78 is 53.1. The molecule has 0 unspecified atom stereocenters. The molecule has 3 amide bonds. The smallest absolute Gasteiger partial charge is 0.421 e. The summed E-state index contributed by atoms with van der Waals surface area (Å²) in [5.41, 5.74) is -0.730. The van der Waals surface area contributed by atoms with E-state index >= 15 is 0 Å². The molecule has 1 aliphatic heterocycles. The third-order valence-electron chi connectivity index (χ3n) is 6.70. The fourth-order valence-corrected chi connectivity index (χ4v) is 5.54. The van der Waals surface area contributed by atoms with Crippen LogP contribution in [0, 0.1) is 17.5 Å². The summed E-state index contributed by atoms with van der Waals surface area (Å²) in [6, 6.07) is 6.52. The van der Waals surface area contributed by atoms with Gasteiger partial charge in [0.05, 0.1) is 22.8 Å². The minimum atomic E-state index is -1.44. The predicted molar refractivity (Wildman–Crippen MR) is 157 cm³/mol. The third kappa shape index (κ3) is 6.84. The number of imide groups is 1. The molecule has 0 bridgehead atoms. The van der Waals surface area contributed by atoms with Gasteiger partial charge in [0.15, 0.2) is 0 Å². The highest BCUT2D eigenvalue weighted by Crippen LogP contribution is 2.45. The number of fused-ring (bicyclic) bond motifs is 1. The first-order valence-corrected chi connectivity index (χ1v) is 14.1. The number of methoxy groups -OCH3 is 1. The molecule has 1 atom stereocenters. The zero-order valence-corrected chi connectivity index (χ0v) is 25.5. The fourth-order valence-electron chi connectivity index (χ4n) is 4.87. The maximum Gasteiger partial charge on any atom is 0.421 e. The number of benzene rings is 3. The first-order valence-electron chi connectivity index (χ1n) is 13.3. The van der Waals surface area contributed by atoms with Crippen LogP contribution < -0.4 is 10.2 Å². The van der Waals surface area contributed by atoms with E-state index in [1.165, 1.54) is 6.07 Å². The molecule has 0 radical (unpaired) electrons. The van der Waals surface area contributed by atoms with Crippen molar-refractivity contribution in [2.24, 2.45) is 0 Å². The Balaban J connectivity index is 1.87. The van der Waals surface area contributed by atoms with Crippen molar-refractivity contribution in [3.63, 3.8) is 0 Å². The van der Waals surface area contributed by atoms with Gasteiger partial charge < -0.3 is 14.8 Å². The monoisotopic (exact) mass is 650 g/mol. The van der Waals surface area contributed by atoms with Gasteiger partial charge in [-0.25, -0.2) is 27.7 Å². The molecule has 0 fully saturated rings. The summed E-state index contributed by atoms with van der Waals surface area (Å²) in [4.78, 5) is 53.1. The average molecular weight is 651 g/mol. The number of anilines is 1. The van der Waals surface area contributed by atoms with E-state index in [9.17, 15) is 32.3 Å². The molecule has 0 saturated carbocycles. The number of carbonyl (C=O) groups is 4. The van der Waals surface area contributed by atoms with Crippen LogP contribution in [0.25, 0.3) is 11.1 Å². The summed E-state index contributed by atoms with van der Waals surface area (Å²) >= 11 is 12.8. The molecule has 1 heterocycles. The number of esters is 1. The molecule has 0 aliphatic carbocycles. The molecule has 0 saturated heterocycles. The molecule has 232 valence electrons. The molecular formula is C31H27Cl2F3N2O6. The number of carbonyl (C=O) groups excluding carboxylic acids is 4. The largest absolute Gasteiger partial charge is 0.467 e. The molecule has 0 spiro atoms. The Kier molecular flexibility index (Phi) is 9.60. The van der Waals surface area contributed by atoms with Gasteiger partial charge in [0.1, 0.15) is 34.7 Å². The molecule has 13 heteroatoms. The lowest BCUT2D eigenvalue weighted by Gasteiger charge is -2.33. The van der Waals surface area contributed by atoms with Gasteiger partial charge >= 0.3 is 12.1 Å². The number of ether oxygens (including phenoxy) is 2. The van der Waals surface area contributed by atoms with Crippen LogP contribution in [0.3, 0.4) is 0 Å². The van der Waals surface area contributed by atoms with Gasteiger partial charge in [-0.3, -0.25) is 9.59 Å². The van der Waals surface area contributed by atoms with Crippen LogP contribution in [-0.2, 0) is 31.9 Å². The van der Waals surface area contributed by atoms with Crippen molar-refractivity contribution in [3.8, 4) is 11.1 Å². The second kappa shape index (κ2) is 12.9. The number of nitrogens with zero attached hydrogens (tertiary/aromatic N) is 1. The lowest BCUT2D eigenvalue weighted by molar-refractivity contribution is -0.142. The minimum absolute atomic E-state index is 0.0403. The van der Waals surface area contributed by atoms with Crippen molar-refractivity contribution in [2.45, 2.75) is 51.7 Å². The van der Waals surface area contributed by atoms with Gasteiger partial charge in [0.2, 0.25) is 5.91 Å². The van der Waals surface area contributed by atoms with Crippen LogP contribution in [0.15, 0.2) is 42.5 Å². The number of hydrogen-bond acceptors (Lipinski definition) is 6. The summed E-state index contributed by atoms with van der Waals surface area (Å²) in [6.07, 6.45) is -1.32. The van der Waals surface area contributed by atoms with Gasteiger partial charge in [0.25, 0.3) is 5.91 Å². The second-order valence-electron chi connectivity index (χ2n) is 10.9. The molecule has 4 rings (SSSR count). The maximum atomic E-state index is 14.3. The third-order valence-corrected chi connectivity index (χ3v) is 7.30. The van der Waals surface area contributed by atoms with E-state index < -0.39 is 58.5 Å². The predicted octanol–water partition coefficient (Wildman–Crippen LogP) is 6.81. The molecule has 3 aromatic rings. The van der Waals surface area contributed by atoms with Crippen molar-refractivity contribution >= 4 is 52.8 Å². The van der Waals surface area contributed by atoms with Crippen molar-refractivity contribution in [2.75, 3.05) is 12.0 Å². The Bertz CT molecular complexity index is 1630. The summed E-state index contributed by atoms with van der Waals surface area (Å²) in [7, 11) is 1.07.